The zero-order chi connectivity index (χ0) is 25.2. The predicted octanol–water partition coefficient (Wildman–Crippen LogP) is 3.53. The molecule has 0 aromatic heterocycles. The van der Waals surface area contributed by atoms with Gasteiger partial charge in [0, 0.05) is 0 Å². The summed E-state index contributed by atoms with van der Waals surface area (Å²) in [6.07, 6.45) is 4.53. The molecule has 0 aliphatic heterocycles. The van der Waals surface area contributed by atoms with E-state index in [0.717, 1.165) is 25.7 Å². The summed E-state index contributed by atoms with van der Waals surface area (Å²) >= 11 is 0. The number of aliphatic hydroxyl groups is 2. The summed E-state index contributed by atoms with van der Waals surface area (Å²) in [6, 6.07) is 0. The van der Waals surface area contributed by atoms with Crippen molar-refractivity contribution >= 4 is 16.1 Å². The van der Waals surface area contributed by atoms with Crippen molar-refractivity contribution in [3.8, 4) is 0 Å². The van der Waals surface area contributed by atoms with E-state index in [1.807, 2.05) is 0 Å². The largest absolute Gasteiger partial charge is 0.465 e. The first-order valence-corrected chi connectivity index (χ1v) is 13.4. The normalized spacial score (nSPS) is 40.7. The number of esters is 1. The van der Waals surface area contributed by atoms with Crippen molar-refractivity contribution in [1.29, 1.82) is 0 Å². The van der Waals surface area contributed by atoms with Crippen LogP contribution in [0.15, 0.2) is 0 Å². The van der Waals surface area contributed by atoms with Gasteiger partial charge in [0.2, 0.25) is 0 Å². The number of fused-ring (bicyclic) bond motifs is 5. The highest BCUT2D eigenvalue weighted by molar-refractivity contribution is 7.87. The van der Waals surface area contributed by atoms with Crippen LogP contribution in [0.3, 0.4) is 0 Å². The van der Waals surface area contributed by atoms with Gasteiger partial charge in [-0.1, -0.05) is 12.8 Å². The lowest BCUT2D eigenvalue weighted by Crippen LogP contribution is -2.49. The minimum atomic E-state index is -6.35. The van der Waals surface area contributed by atoms with E-state index in [4.69, 9.17) is 9.29 Å². The molecule has 12 heteroatoms. The van der Waals surface area contributed by atoms with Crippen LogP contribution in [0.1, 0.15) is 70.6 Å². The summed E-state index contributed by atoms with van der Waals surface area (Å²) in [6.45, 7) is -1.14. The highest BCUT2D eigenvalue weighted by Gasteiger charge is 2.65. The molecule has 4 saturated carbocycles. The molecule has 0 bridgehead atoms. The summed E-state index contributed by atoms with van der Waals surface area (Å²) in [4.78, 5) is 12.7. The maximum Gasteiger partial charge on any atom is 0.431 e. The molecule has 0 radical (unpaired) electrons. The molecule has 6 atom stereocenters. The summed E-state index contributed by atoms with van der Waals surface area (Å²) in [5.74, 6) is -6.77. The van der Waals surface area contributed by atoms with E-state index in [-0.39, 0.29) is 23.7 Å². The van der Waals surface area contributed by atoms with Gasteiger partial charge in [-0.15, -0.1) is 0 Å². The SMILES string of the molecule is O=C(OCCC(F)(F)C(F)(F)S(=O)(=O)O)C1CC2C(C1)C1CCCC1(O)CCC1(O)CCCC21. The van der Waals surface area contributed by atoms with Crippen LogP contribution < -0.4 is 0 Å². The topological polar surface area (TPSA) is 121 Å². The first kappa shape index (κ1) is 26.1. The molecule has 6 unspecified atom stereocenters. The van der Waals surface area contributed by atoms with Crippen LogP contribution in [0.5, 0.6) is 0 Å². The highest BCUT2D eigenvalue weighted by atomic mass is 32.2. The fraction of sp³-hybridized carbons (Fsp3) is 0.955. The van der Waals surface area contributed by atoms with Crippen LogP contribution in [0.2, 0.25) is 0 Å². The minimum absolute atomic E-state index is 0.0294. The number of alkyl halides is 4. The van der Waals surface area contributed by atoms with Crippen molar-refractivity contribution in [1.82, 2.24) is 0 Å². The minimum Gasteiger partial charge on any atom is -0.465 e. The second kappa shape index (κ2) is 8.55. The van der Waals surface area contributed by atoms with Crippen LogP contribution in [-0.4, -0.2) is 58.1 Å². The van der Waals surface area contributed by atoms with Gasteiger partial charge < -0.3 is 14.9 Å². The third kappa shape index (κ3) is 4.26. The number of hydrogen-bond acceptors (Lipinski definition) is 6. The molecular formula is C22H32F4O7S. The Morgan fingerprint density at radius 1 is 0.912 bits per heavy atom. The van der Waals surface area contributed by atoms with Crippen molar-refractivity contribution in [3.05, 3.63) is 0 Å². The van der Waals surface area contributed by atoms with E-state index in [2.05, 4.69) is 0 Å². The quantitative estimate of drug-likeness (QED) is 0.281. The number of rotatable bonds is 6. The standard InChI is InChI=1S/C22H32F4O7S/c23-21(24,22(25,26)34(30,31)32)9-10-33-18(27)13-11-14-15(12-13)17-4-2-6-20(17,29)8-7-19(28)5-1-3-16(14)19/h13-17,28-29H,1-12H2,(H,30,31,32). The van der Waals surface area contributed by atoms with Crippen molar-refractivity contribution in [2.24, 2.45) is 29.6 Å². The Bertz CT molecular complexity index is 877. The molecule has 34 heavy (non-hydrogen) atoms. The average Bonchev–Trinajstić information content (AvgIpc) is 3.41. The van der Waals surface area contributed by atoms with E-state index >= 15 is 0 Å². The van der Waals surface area contributed by atoms with Gasteiger partial charge in [0.25, 0.3) is 0 Å². The van der Waals surface area contributed by atoms with Crippen LogP contribution in [0, 0.1) is 29.6 Å². The lowest BCUT2D eigenvalue weighted by molar-refractivity contribution is -0.176. The van der Waals surface area contributed by atoms with E-state index in [1.54, 1.807) is 0 Å². The molecule has 4 fully saturated rings. The van der Waals surface area contributed by atoms with Gasteiger partial charge in [-0.2, -0.15) is 26.0 Å². The van der Waals surface area contributed by atoms with Gasteiger partial charge in [-0.05, 0) is 75.0 Å². The molecule has 0 aromatic rings. The lowest BCUT2D eigenvalue weighted by atomic mass is 9.63. The third-order valence-electron chi connectivity index (χ3n) is 9.06. The van der Waals surface area contributed by atoms with E-state index in [9.17, 15) is 41.0 Å². The first-order chi connectivity index (χ1) is 15.6. The molecule has 3 N–H and O–H groups in total. The van der Waals surface area contributed by atoms with Gasteiger partial charge in [-0.25, -0.2) is 0 Å². The summed E-state index contributed by atoms with van der Waals surface area (Å²) in [7, 11) is -6.35. The third-order valence-corrected chi connectivity index (χ3v) is 10.0. The molecule has 0 amide bonds. The monoisotopic (exact) mass is 516 g/mol. The van der Waals surface area contributed by atoms with Crippen molar-refractivity contribution in [2.45, 2.75) is 93.0 Å². The number of hydrogen-bond donors (Lipinski definition) is 3. The van der Waals surface area contributed by atoms with Gasteiger partial charge >= 0.3 is 27.3 Å². The summed E-state index contributed by atoms with van der Waals surface area (Å²) in [5, 5.41) is 17.0. The summed E-state index contributed by atoms with van der Waals surface area (Å²) < 4.78 is 88.6. The van der Waals surface area contributed by atoms with Crippen LogP contribution in [0.4, 0.5) is 17.6 Å². The molecule has 7 nitrogen and oxygen atoms in total. The predicted molar refractivity (Wildman–Crippen MR) is 111 cm³/mol. The molecule has 0 saturated heterocycles. The van der Waals surface area contributed by atoms with Gasteiger partial charge in [0.1, 0.15) is 0 Å². The second-order valence-corrected chi connectivity index (χ2v) is 12.3. The smallest absolute Gasteiger partial charge is 0.431 e. The van der Waals surface area contributed by atoms with Gasteiger partial charge in [-0.3, -0.25) is 9.35 Å². The Labute approximate surface area is 196 Å². The molecule has 0 aromatic carbocycles. The van der Waals surface area contributed by atoms with E-state index in [0.29, 0.717) is 38.5 Å². The van der Waals surface area contributed by atoms with Crippen LogP contribution in [-0.2, 0) is 19.6 Å². The first-order valence-electron chi connectivity index (χ1n) is 12.0. The Hall–Kier alpha value is -0.980. The van der Waals surface area contributed by atoms with Crippen molar-refractivity contribution in [3.63, 3.8) is 0 Å². The fourth-order valence-corrected chi connectivity index (χ4v) is 7.88. The fourth-order valence-electron chi connectivity index (χ4n) is 7.40. The molecule has 196 valence electrons. The Morgan fingerprint density at radius 2 is 1.38 bits per heavy atom. The van der Waals surface area contributed by atoms with Crippen molar-refractivity contribution in [2.75, 3.05) is 6.61 Å². The molecular weight excluding hydrogens is 484 g/mol. The molecule has 4 aliphatic rings. The molecule has 0 heterocycles. The van der Waals surface area contributed by atoms with E-state index in [1.165, 1.54) is 0 Å². The zero-order valence-corrected chi connectivity index (χ0v) is 19.6. The Kier molecular flexibility index (Phi) is 6.56. The highest BCUT2D eigenvalue weighted by Crippen LogP contribution is 2.60. The zero-order valence-electron chi connectivity index (χ0n) is 18.8. The Balaban J connectivity index is 1.45. The maximum absolute atomic E-state index is 13.7. The number of halogens is 4. The lowest BCUT2D eigenvalue weighted by Gasteiger charge is -2.46. The average molecular weight is 517 g/mol. The molecule has 4 aliphatic carbocycles. The number of carbonyl (C=O) groups is 1. The van der Waals surface area contributed by atoms with Crippen molar-refractivity contribution < 1.29 is 50.3 Å². The van der Waals surface area contributed by atoms with E-state index < -0.39 is 57.4 Å². The van der Waals surface area contributed by atoms with Crippen LogP contribution >= 0.6 is 0 Å². The maximum atomic E-state index is 13.7. The molecule has 0 spiro atoms. The number of ether oxygens (including phenoxy) is 1. The second-order valence-electron chi connectivity index (χ2n) is 10.8. The summed E-state index contributed by atoms with van der Waals surface area (Å²) in [5.41, 5.74) is -1.82. The van der Waals surface area contributed by atoms with Gasteiger partial charge in [0.15, 0.2) is 0 Å². The number of carbonyl (C=O) groups excluding carboxylic acids is 1. The Morgan fingerprint density at radius 3 is 1.82 bits per heavy atom. The molecule has 4 rings (SSSR count). The van der Waals surface area contributed by atoms with Gasteiger partial charge in [0.05, 0.1) is 30.1 Å². The van der Waals surface area contributed by atoms with Crippen LogP contribution in [0.25, 0.3) is 0 Å².